The van der Waals surface area contributed by atoms with Crippen molar-refractivity contribution in [2.75, 3.05) is 19.7 Å². The van der Waals surface area contributed by atoms with Crippen LogP contribution >= 0.6 is 11.6 Å². The molecule has 0 aliphatic carbocycles. The Hall–Kier alpha value is -1.59. The number of hydrogen-bond acceptors (Lipinski definition) is 4. The Kier molecular flexibility index (Phi) is 6.42. The summed E-state index contributed by atoms with van der Waals surface area (Å²) in [6, 6.07) is 6.97. The number of rotatable bonds is 5. The fraction of sp³-hybridized carbons (Fsp3) is 0.529. The van der Waals surface area contributed by atoms with Crippen molar-refractivity contribution < 1.29 is 19.1 Å². The van der Waals surface area contributed by atoms with Crippen LogP contribution in [-0.2, 0) is 14.3 Å². The summed E-state index contributed by atoms with van der Waals surface area (Å²) in [5, 5.41) is 0.432. The molecule has 1 aliphatic rings. The highest BCUT2D eigenvalue weighted by atomic mass is 35.5. The monoisotopic (exact) mass is 339 g/mol. The number of halogens is 1. The second-order valence-corrected chi connectivity index (χ2v) is 6.25. The highest BCUT2D eigenvalue weighted by molar-refractivity contribution is 6.33. The number of piperidine rings is 1. The van der Waals surface area contributed by atoms with Gasteiger partial charge in [-0.25, -0.2) is 4.79 Å². The number of hydrogen-bond donors (Lipinski definition) is 0. The summed E-state index contributed by atoms with van der Waals surface area (Å²) in [5.74, 6) is -0.523. The Bertz CT molecular complexity index is 561. The molecule has 0 N–H and O–H groups in total. The molecule has 6 heteroatoms. The van der Waals surface area contributed by atoms with Crippen molar-refractivity contribution >= 4 is 23.5 Å². The van der Waals surface area contributed by atoms with Gasteiger partial charge in [0.1, 0.15) is 12.7 Å². The second-order valence-electron chi connectivity index (χ2n) is 5.84. The zero-order valence-electron chi connectivity index (χ0n) is 13.5. The van der Waals surface area contributed by atoms with Crippen LogP contribution in [0.15, 0.2) is 24.3 Å². The molecule has 1 atom stereocenters. The normalized spacial score (nSPS) is 18.1. The molecule has 1 fully saturated rings. The highest BCUT2D eigenvalue weighted by Gasteiger charge is 2.27. The van der Waals surface area contributed by atoms with Gasteiger partial charge in [0.2, 0.25) is 0 Å². The molecule has 5 nitrogen and oxygen atoms in total. The second kappa shape index (κ2) is 8.31. The average molecular weight is 340 g/mol. The fourth-order valence-corrected chi connectivity index (χ4v) is 2.70. The Labute approximate surface area is 141 Å². The summed E-state index contributed by atoms with van der Waals surface area (Å²) in [7, 11) is 0. The van der Waals surface area contributed by atoms with E-state index < -0.39 is 5.97 Å². The Morgan fingerprint density at radius 3 is 2.78 bits per heavy atom. The molecular weight excluding hydrogens is 318 g/mol. The molecule has 1 aromatic rings. The predicted octanol–water partition coefficient (Wildman–Crippen LogP) is 2.91. The number of carbonyl (C=O) groups is 2. The molecule has 23 heavy (non-hydrogen) atoms. The lowest BCUT2D eigenvalue weighted by atomic mass is 10.1. The van der Waals surface area contributed by atoms with E-state index in [-0.39, 0.29) is 24.7 Å². The summed E-state index contributed by atoms with van der Waals surface area (Å²) in [5.41, 5.74) is 0.476. The first-order valence-corrected chi connectivity index (χ1v) is 8.20. The first-order chi connectivity index (χ1) is 11.0. The van der Waals surface area contributed by atoms with Gasteiger partial charge in [0.05, 0.1) is 23.2 Å². The van der Waals surface area contributed by atoms with E-state index in [1.54, 1.807) is 29.2 Å². The van der Waals surface area contributed by atoms with Crippen LogP contribution in [0, 0.1) is 0 Å². The summed E-state index contributed by atoms with van der Waals surface area (Å²) in [4.78, 5) is 26.0. The van der Waals surface area contributed by atoms with Gasteiger partial charge in [-0.3, -0.25) is 4.79 Å². The van der Waals surface area contributed by atoms with Crippen LogP contribution in [0.25, 0.3) is 0 Å². The Morgan fingerprint density at radius 1 is 1.35 bits per heavy atom. The number of benzene rings is 1. The van der Waals surface area contributed by atoms with E-state index in [2.05, 4.69) is 0 Å². The van der Waals surface area contributed by atoms with Gasteiger partial charge in [-0.15, -0.1) is 0 Å². The van der Waals surface area contributed by atoms with Crippen molar-refractivity contribution in [3.63, 3.8) is 0 Å². The molecule has 1 saturated heterocycles. The molecular formula is C17H22ClNO4. The molecule has 1 aliphatic heterocycles. The van der Waals surface area contributed by atoms with Gasteiger partial charge < -0.3 is 14.4 Å². The lowest BCUT2D eigenvalue weighted by molar-refractivity contribution is -0.158. The number of esters is 1. The average Bonchev–Trinajstić information content (AvgIpc) is 2.53. The summed E-state index contributed by atoms with van der Waals surface area (Å²) in [6.07, 6.45) is 1.23. The first-order valence-electron chi connectivity index (χ1n) is 7.82. The lowest BCUT2D eigenvalue weighted by Crippen LogP contribution is -2.44. The van der Waals surface area contributed by atoms with Gasteiger partial charge in [0.25, 0.3) is 5.91 Å². The quantitative estimate of drug-likeness (QED) is 0.774. The minimum Gasteiger partial charge on any atom is -0.459 e. The van der Waals surface area contributed by atoms with E-state index in [1.807, 2.05) is 13.8 Å². The zero-order chi connectivity index (χ0) is 16.8. The third-order valence-corrected chi connectivity index (χ3v) is 3.93. The van der Waals surface area contributed by atoms with E-state index in [0.717, 1.165) is 12.8 Å². The van der Waals surface area contributed by atoms with Crippen LogP contribution in [0.4, 0.5) is 0 Å². The first kappa shape index (κ1) is 17.8. The Balaban J connectivity index is 1.92. The van der Waals surface area contributed by atoms with Crippen molar-refractivity contribution in [3.8, 4) is 0 Å². The number of ether oxygens (including phenoxy) is 2. The standard InChI is InChI=1S/C17H22ClNO4/c1-12(2)22-11-16(20)23-13-6-5-9-19(10-13)17(21)14-7-3-4-8-15(14)18/h3-4,7-8,12-13H,5-6,9-11H2,1-2H3/t13-/m1/s1. The van der Waals surface area contributed by atoms with Gasteiger partial charge in [0.15, 0.2) is 0 Å². The third kappa shape index (κ3) is 5.22. The van der Waals surface area contributed by atoms with E-state index >= 15 is 0 Å². The minimum absolute atomic E-state index is 0.0211. The number of amides is 1. The van der Waals surface area contributed by atoms with Crippen LogP contribution in [0.3, 0.4) is 0 Å². The summed E-state index contributed by atoms with van der Waals surface area (Å²) >= 11 is 6.08. The van der Waals surface area contributed by atoms with Crippen molar-refractivity contribution in [3.05, 3.63) is 34.9 Å². The van der Waals surface area contributed by atoms with E-state index in [4.69, 9.17) is 21.1 Å². The van der Waals surface area contributed by atoms with Crippen molar-refractivity contribution in [1.29, 1.82) is 0 Å². The van der Waals surface area contributed by atoms with Crippen LogP contribution in [0.5, 0.6) is 0 Å². The van der Waals surface area contributed by atoms with E-state index in [1.165, 1.54) is 0 Å². The molecule has 0 spiro atoms. The summed E-state index contributed by atoms with van der Waals surface area (Å²) in [6.45, 7) is 4.68. The maximum Gasteiger partial charge on any atom is 0.332 e. The molecule has 1 amide bonds. The van der Waals surface area contributed by atoms with Crippen LogP contribution in [-0.4, -0.2) is 48.7 Å². The van der Waals surface area contributed by atoms with Crippen LogP contribution in [0.1, 0.15) is 37.0 Å². The van der Waals surface area contributed by atoms with Gasteiger partial charge in [0, 0.05) is 6.54 Å². The maximum atomic E-state index is 12.5. The third-order valence-electron chi connectivity index (χ3n) is 3.60. The van der Waals surface area contributed by atoms with E-state index in [9.17, 15) is 9.59 Å². The topological polar surface area (TPSA) is 55.8 Å². The highest BCUT2D eigenvalue weighted by Crippen LogP contribution is 2.21. The fourth-order valence-electron chi connectivity index (χ4n) is 2.48. The predicted molar refractivity (Wildman–Crippen MR) is 87.6 cm³/mol. The number of likely N-dealkylation sites (tertiary alicyclic amines) is 1. The molecule has 0 aromatic heterocycles. The van der Waals surface area contributed by atoms with Gasteiger partial charge >= 0.3 is 5.97 Å². The Morgan fingerprint density at radius 2 is 2.09 bits per heavy atom. The molecule has 2 rings (SSSR count). The number of nitrogens with zero attached hydrogens (tertiary/aromatic N) is 1. The lowest BCUT2D eigenvalue weighted by Gasteiger charge is -2.32. The smallest absolute Gasteiger partial charge is 0.332 e. The molecule has 1 heterocycles. The minimum atomic E-state index is -0.393. The molecule has 0 bridgehead atoms. The van der Waals surface area contributed by atoms with E-state index in [0.29, 0.717) is 23.7 Å². The molecule has 1 aromatic carbocycles. The largest absolute Gasteiger partial charge is 0.459 e. The van der Waals surface area contributed by atoms with Crippen molar-refractivity contribution in [2.24, 2.45) is 0 Å². The molecule has 126 valence electrons. The van der Waals surface area contributed by atoms with Crippen molar-refractivity contribution in [1.82, 2.24) is 4.90 Å². The summed E-state index contributed by atoms with van der Waals surface area (Å²) < 4.78 is 10.6. The molecule has 0 unspecified atom stereocenters. The molecule has 0 saturated carbocycles. The van der Waals surface area contributed by atoms with Crippen LogP contribution in [0.2, 0.25) is 5.02 Å². The number of carbonyl (C=O) groups excluding carboxylic acids is 2. The zero-order valence-corrected chi connectivity index (χ0v) is 14.2. The van der Waals surface area contributed by atoms with Gasteiger partial charge in [-0.05, 0) is 38.8 Å². The van der Waals surface area contributed by atoms with Gasteiger partial charge in [-0.1, -0.05) is 23.7 Å². The molecule has 0 radical (unpaired) electrons. The maximum absolute atomic E-state index is 12.5. The van der Waals surface area contributed by atoms with Gasteiger partial charge in [-0.2, -0.15) is 0 Å². The SMILES string of the molecule is CC(C)OCC(=O)O[C@@H]1CCCN(C(=O)c2ccccc2Cl)C1. The van der Waals surface area contributed by atoms with Crippen molar-refractivity contribution in [2.45, 2.75) is 38.9 Å². The van der Waals surface area contributed by atoms with Crippen LogP contribution < -0.4 is 0 Å².